The molecule has 5 rings (SSSR count). The van der Waals surface area contributed by atoms with Crippen molar-refractivity contribution < 1.29 is 9.90 Å². The van der Waals surface area contributed by atoms with Gasteiger partial charge in [-0.15, -0.1) is 0 Å². The van der Waals surface area contributed by atoms with Crippen molar-refractivity contribution in [3.05, 3.63) is 58.7 Å². The van der Waals surface area contributed by atoms with E-state index in [0.717, 1.165) is 73.6 Å². The third kappa shape index (κ3) is 3.87. The lowest BCUT2D eigenvalue weighted by atomic mass is 9.95. The normalized spacial score (nSPS) is 17.3. The molecule has 1 aromatic heterocycles. The molecule has 6 heteroatoms. The number of amides is 1. The summed E-state index contributed by atoms with van der Waals surface area (Å²) in [5, 5.41) is 13.3. The molecule has 0 spiro atoms. The van der Waals surface area contributed by atoms with Crippen LogP contribution in [0.5, 0.6) is 0 Å². The molecule has 162 valence electrons. The maximum Gasteiger partial charge on any atom is 0.252 e. The topological polar surface area (TPSA) is 71.6 Å². The van der Waals surface area contributed by atoms with Gasteiger partial charge in [0.1, 0.15) is 0 Å². The minimum Gasteiger partial charge on any atom is -0.395 e. The molecule has 1 fully saturated rings. The van der Waals surface area contributed by atoms with Crippen LogP contribution in [0.15, 0.2) is 36.4 Å². The van der Waals surface area contributed by atoms with Crippen molar-refractivity contribution in [2.24, 2.45) is 0 Å². The van der Waals surface area contributed by atoms with Gasteiger partial charge in [-0.05, 0) is 41.3 Å². The van der Waals surface area contributed by atoms with E-state index in [1.165, 1.54) is 16.5 Å². The van der Waals surface area contributed by atoms with Crippen LogP contribution in [0.1, 0.15) is 34.0 Å². The quantitative estimate of drug-likeness (QED) is 0.576. The van der Waals surface area contributed by atoms with Crippen molar-refractivity contribution in [2.75, 3.05) is 39.3 Å². The monoisotopic (exact) mass is 418 g/mol. The highest BCUT2D eigenvalue weighted by atomic mass is 16.3. The molecule has 31 heavy (non-hydrogen) atoms. The van der Waals surface area contributed by atoms with Gasteiger partial charge >= 0.3 is 0 Å². The SMILES string of the molecule is CCc1ccc(-c2cc3cc(CN4CCN(CCO)CC4)ccc3[nH]2)c2c1CNC2=O. The number of carbonyl (C=O) groups excluding carboxylic acids is 1. The Hall–Kier alpha value is -2.67. The molecule has 0 atom stereocenters. The first kappa shape index (κ1) is 20.2. The Balaban J connectivity index is 1.39. The van der Waals surface area contributed by atoms with Crippen molar-refractivity contribution in [3.63, 3.8) is 0 Å². The largest absolute Gasteiger partial charge is 0.395 e. The van der Waals surface area contributed by atoms with E-state index in [-0.39, 0.29) is 12.5 Å². The number of aryl methyl sites for hydroxylation is 1. The zero-order valence-corrected chi connectivity index (χ0v) is 18.1. The van der Waals surface area contributed by atoms with Gasteiger partial charge < -0.3 is 15.4 Å². The van der Waals surface area contributed by atoms with Gasteiger partial charge in [-0.1, -0.05) is 25.1 Å². The summed E-state index contributed by atoms with van der Waals surface area (Å²) in [5.41, 5.74) is 7.60. The standard InChI is InChI=1S/C25H30N4O2/c1-2-18-4-5-20(24-21(18)15-26-25(24)31)23-14-19-13-17(3-6-22(19)27-23)16-29-9-7-28(8-10-29)11-12-30/h3-6,13-14,27,30H,2,7-12,15-16H2,1H3,(H,26,31). The van der Waals surface area contributed by atoms with E-state index in [2.05, 4.69) is 63.4 Å². The van der Waals surface area contributed by atoms with Crippen LogP contribution in [0.4, 0.5) is 0 Å². The highest BCUT2D eigenvalue weighted by Gasteiger charge is 2.26. The van der Waals surface area contributed by atoms with Gasteiger partial charge in [0.05, 0.1) is 12.2 Å². The van der Waals surface area contributed by atoms with Crippen molar-refractivity contribution in [1.29, 1.82) is 0 Å². The molecular formula is C25H30N4O2. The fraction of sp³-hybridized carbons (Fsp3) is 0.400. The summed E-state index contributed by atoms with van der Waals surface area (Å²) in [4.78, 5) is 20.9. The molecule has 0 radical (unpaired) electrons. The maximum atomic E-state index is 12.5. The molecule has 2 aromatic carbocycles. The number of aliphatic hydroxyl groups is 1. The number of hydrogen-bond acceptors (Lipinski definition) is 4. The number of benzene rings is 2. The van der Waals surface area contributed by atoms with E-state index in [9.17, 15) is 4.79 Å². The average Bonchev–Trinajstić information content (AvgIpc) is 3.38. The van der Waals surface area contributed by atoms with Gasteiger partial charge in [0.2, 0.25) is 0 Å². The lowest BCUT2D eigenvalue weighted by Gasteiger charge is -2.34. The summed E-state index contributed by atoms with van der Waals surface area (Å²) < 4.78 is 0. The summed E-state index contributed by atoms with van der Waals surface area (Å²) >= 11 is 0. The zero-order valence-electron chi connectivity index (χ0n) is 18.1. The summed E-state index contributed by atoms with van der Waals surface area (Å²) in [6, 6.07) is 13.0. The van der Waals surface area contributed by atoms with E-state index < -0.39 is 0 Å². The number of nitrogens with one attached hydrogen (secondary N) is 2. The Kier molecular flexibility index (Phi) is 5.52. The number of piperazine rings is 1. The Morgan fingerprint density at radius 3 is 2.61 bits per heavy atom. The van der Waals surface area contributed by atoms with Crippen LogP contribution >= 0.6 is 0 Å². The van der Waals surface area contributed by atoms with E-state index >= 15 is 0 Å². The first-order valence-electron chi connectivity index (χ1n) is 11.3. The van der Waals surface area contributed by atoms with E-state index in [1.54, 1.807) is 0 Å². The minimum absolute atomic E-state index is 0.0278. The number of H-pyrrole nitrogens is 1. The molecule has 0 aliphatic carbocycles. The van der Waals surface area contributed by atoms with Crippen molar-refractivity contribution in [1.82, 2.24) is 20.1 Å². The summed E-state index contributed by atoms with van der Waals surface area (Å²) in [6.45, 7) is 8.78. The predicted molar refractivity (Wildman–Crippen MR) is 123 cm³/mol. The number of nitrogens with zero attached hydrogens (tertiary/aromatic N) is 2. The van der Waals surface area contributed by atoms with Crippen molar-refractivity contribution >= 4 is 16.8 Å². The lowest BCUT2D eigenvalue weighted by molar-refractivity contribution is 0.0966. The third-order valence-electron chi connectivity index (χ3n) is 6.71. The highest BCUT2D eigenvalue weighted by molar-refractivity contribution is 6.05. The number of rotatable bonds is 6. The first-order chi connectivity index (χ1) is 15.2. The number of aliphatic hydroxyl groups excluding tert-OH is 1. The highest BCUT2D eigenvalue weighted by Crippen LogP contribution is 2.33. The molecular weight excluding hydrogens is 388 g/mol. The smallest absolute Gasteiger partial charge is 0.252 e. The van der Waals surface area contributed by atoms with Crippen LogP contribution in [-0.4, -0.2) is 65.1 Å². The van der Waals surface area contributed by atoms with Crippen LogP contribution in [0, 0.1) is 0 Å². The van der Waals surface area contributed by atoms with E-state index in [1.807, 2.05) is 0 Å². The number of aromatic nitrogens is 1. The molecule has 0 unspecified atom stereocenters. The second-order valence-electron chi connectivity index (χ2n) is 8.61. The second-order valence-corrected chi connectivity index (χ2v) is 8.61. The molecule has 1 saturated heterocycles. The van der Waals surface area contributed by atoms with Crippen LogP contribution in [0.3, 0.4) is 0 Å². The minimum atomic E-state index is 0.0278. The van der Waals surface area contributed by atoms with Crippen LogP contribution in [0.25, 0.3) is 22.2 Å². The molecule has 0 saturated carbocycles. The molecule has 3 heterocycles. The zero-order chi connectivity index (χ0) is 21.4. The second kappa shape index (κ2) is 8.46. The van der Waals surface area contributed by atoms with Gasteiger partial charge in [-0.25, -0.2) is 0 Å². The summed E-state index contributed by atoms with van der Waals surface area (Å²) in [7, 11) is 0. The van der Waals surface area contributed by atoms with Crippen LogP contribution in [0.2, 0.25) is 0 Å². The van der Waals surface area contributed by atoms with E-state index in [4.69, 9.17) is 5.11 Å². The fourth-order valence-electron chi connectivity index (χ4n) is 4.96. The maximum absolute atomic E-state index is 12.5. The van der Waals surface area contributed by atoms with Crippen LogP contribution < -0.4 is 5.32 Å². The van der Waals surface area contributed by atoms with Gasteiger partial charge in [0, 0.05) is 68.0 Å². The van der Waals surface area contributed by atoms with Crippen molar-refractivity contribution in [3.8, 4) is 11.3 Å². The van der Waals surface area contributed by atoms with Crippen molar-refractivity contribution in [2.45, 2.75) is 26.4 Å². The van der Waals surface area contributed by atoms with E-state index in [0.29, 0.717) is 6.54 Å². The average molecular weight is 419 g/mol. The van der Waals surface area contributed by atoms with Gasteiger partial charge in [-0.2, -0.15) is 0 Å². The molecule has 6 nitrogen and oxygen atoms in total. The van der Waals surface area contributed by atoms with Gasteiger partial charge in [0.15, 0.2) is 0 Å². The molecule has 2 aliphatic heterocycles. The number of fused-ring (bicyclic) bond motifs is 2. The molecule has 3 aromatic rings. The molecule has 2 aliphatic rings. The summed E-state index contributed by atoms with van der Waals surface area (Å²) in [5.74, 6) is 0.0278. The van der Waals surface area contributed by atoms with Crippen LogP contribution in [-0.2, 0) is 19.5 Å². The molecule has 3 N–H and O–H groups in total. The predicted octanol–water partition coefficient (Wildman–Crippen LogP) is 2.75. The Morgan fingerprint density at radius 1 is 1.03 bits per heavy atom. The molecule has 1 amide bonds. The van der Waals surface area contributed by atoms with Gasteiger partial charge in [-0.3, -0.25) is 14.6 Å². The lowest BCUT2D eigenvalue weighted by Crippen LogP contribution is -2.46. The number of hydrogen-bond donors (Lipinski definition) is 3. The van der Waals surface area contributed by atoms with Gasteiger partial charge in [0.25, 0.3) is 5.91 Å². The fourth-order valence-corrected chi connectivity index (χ4v) is 4.96. The Morgan fingerprint density at radius 2 is 1.84 bits per heavy atom. The number of aromatic amines is 1. The number of β-amino-alcohol motifs (C(OH)–C–C–N with tert-alkyl or cyclic N) is 1. The Labute approximate surface area is 182 Å². The Bertz CT molecular complexity index is 1110. The molecule has 0 bridgehead atoms. The first-order valence-corrected chi connectivity index (χ1v) is 11.3. The summed E-state index contributed by atoms with van der Waals surface area (Å²) in [6.07, 6.45) is 0.932. The number of carbonyl (C=O) groups is 1. The third-order valence-corrected chi connectivity index (χ3v) is 6.71.